The van der Waals surface area contributed by atoms with Crippen LogP contribution in [0.4, 0.5) is 0 Å². The van der Waals surface area contributed by atoms with Gasteiger partial charge in [0.05, 0.1) is 0 Å². The minimum absolute atomic E-state index is 0.0263. The van der Waals surface area contributed by atoms with Crippen molar-refractivity contribution in [2.24, 2.45) is 11.8 Å². The van der Waals surface area contributed by atoms with Crippen LogP contribution in [-0.2, 0) is 5.88 Å². The molecule has 0 aliphatic heterocycles. The van der Waals surface area contributed by atoms with Gasteiger partial charge in [0.2, 0.25) is 0 Å². The van der Waals surface area contributed by atoms with Crippen molar-refractivity contribution in [2.75, 3.05) is 0 Å². The average molecular weight is 280 g/mol. The summed E-state index contributed by atoms with van der Waals surface area (Å²) in [5.74, 6) is 1.81. The Morgan fingerprint density at radius 1 is 1.37 bits per heavy atom. The molecule has 3 heteroatoms. The molecule has 104 valence electrons. The quantitative estimate of drug-likeness (QED) is 0.833. The van der Waals surface area contributed by atoms with Crippen molar-refractivity contribution in [2.45, 2.75) is 45.0 Å². The Bertz CT molecular complexity index is 446. The fourth-order valence-electron chi connectivity index (χ4n) is 2.93. The van der Waals surface area contributed by atoms with E-state index in [0.29, 0.717) is 23.4 Å². The highest BCUT2D eigenvalue weighted by atomic mass is 35.5. The molecule has 3 atom stereocenters. The van der Waals surface area contributed by atoms with E-state index in [2.05, 4.69) is 19.2 Å². The maximum absolute atomic E-state index is 12.3. The second kappa shape index (κ2) is 6.42. The summed E-state index contributed by atoms with van der Waals surface area (Å²) in [6, 6.07) is 7.86. The Morgan fingerprint density at radius 3 is 2.84 bits per heavy atom. The van der Waals surface area contributed by atoms with Crippen LogP contribution in [0.5, 0.6) is 0 Å². The third kappa shape index (κ3) is 3.73. The van der Waals surface area contributed by atoms with E-state index in [1.165, 1.54) is 12.8 Å². The predicted octanol–water partition coefficient (Wildman–Crippen LogP) is 3.98. The first-order chi connectivity index (χ1) is 9.10. The summed E-state index contributed by atoms with van der Waals surface area (Å²) in [5, 5.41) is 3.17. The average Bonchev–Trinajstić information content (AvgIpc) is 2.42. The van der Waals surface area contributed by atoms with Gasteiger partial charge in [-0.3, -0.25) is 4.79 Å². The Hall–Kier alpha value is -1.02. The van der Waals surface area contributed by atoms with Gasteiger partial charge < -0.3 is 5.32 Å². The molecule has 0 spiro atoms. The van der Waals surface area contributed by atoms with Crippen LogP contribution >= 0.6 is 11.6 Å². The number of carbonyl (C=O) groups excluding carboxylic acids is 1. The van der Waals surface area contributed by atoms with Crippen molar-refractivity contribution in [3.05, 3.63) is 35.4 Å². The Balaban J connectivity index is 2.00. The highest BCUT2D eigenvalue weighted by molar-refractivity contribution is 6.17. The molecule has 3 unspecified atom stereocenters. The molecular weight excluding hydrogens is 258 g/mol. The third-order valence-corrected chi connectivity index (χ3v) is 4.40. The first kappa shape index (κ1) is 14.4. The largest absolute Gasteiger partial charge is 0.349 e. The summed E-state index contributed by atoms with van der Waals surface area (Å²) in [7, 11) is 0. The lowest BCUT2D eigenvalue weighted by molar-refractivity contribution is 0.0899. The first-order valence-corrected chi connectivity index (χ1v) is 7.59. The molecule has 19 heavy (non-hydrogen) atoms. The molecule has 1 aliphatic carbocycles. The summed E-state index contributed by atoms with van der Waals surface area (Å²) in [6.45, 7) is 4.52. The molecule has 2 nitrogen and oxygen atoms in total. The van der Waals surface area contributed by atoms with Gasteiger partial charge in [0.1, 0.15) is 0 Å². The number of halogens is 1. The summed E-state index contributed by atoms with van der Waals surface area (Å²) >= 11 is 5.80. The Kier molecular flexibility index (Phi) is 4.87. The number of hydrogen-bond acceptors (Lipinski definition) is 1. The maximum Gasteiger partial charge on any atom is 0.251 e. The molecule has 1 N–H and O–H groups in total. The van der Waals surface area contributed by atoms with Crippen molar-refractivity contribution < 1.29 is 4.79 Å². The highest BCUT2D eigenvalue weighted by Crippen LogP contribution is 2.28. The minimum atomic E-state index is 0.0263. The van der Waals surface area contributed by atoms with Crippen LogP contribution in [0, 0.1) is 11.8 Å². The van der Waals surface area contributed by atoms with Crippen LogP contribution in [0.15, 0.2) is 24.3 Å². The Labute approximate surface area is 120 Å². The minimum Gasteiger partial charge on any atom is -0.349 e. The van der Waals surface area contributed by atoms with Crippen LogP contribution in [0.1, 0.15) is 49.0 Å². The van der Waals surface area contributed by atoms with Crippen molar-refractivity contribution in [3.63, 3.8) is 0 Å². The molecule has 0 saturated heterocycles. The van der Waals surface area contributed by atoms with E-state index in [9.17, 15) is 4.79 Å². The van der Waals surface area contributed by atoms with Crippen LogP contribution in [0.2, 0.25) is 0 Å². The SMILES string of the molecule is CC1CCC(NC(=O)c2cccc(CCl)c2)C(C)C1. The Morgan fingerprint density at radius 2 is 2.16 bits per heavy atom. The molecule has 0 aromatic heterocycles. The molecule has 1 amide bonds. The number of benzene rings is 1. The lowest BCUT2D eigenvalue weighted by atomic mass is 9.80. The lowest BCUT2D eigenvalue weighted by Crippen LogP contribution is -2.42. The standard InChI is InChI=1S/C16H22ClNO/c1-11-6-7-15(12(2)8-11)18-16(19)14-5-3-4-13(9-14)10-17/h3-5,9,11-12,15H,6-8,10H2,1-2H3,(H,18,19). The van der Waals surface area contributed by atoms with E-state index in [1.807, 2.05) is 24.3 Å². The zero-order chi connectivity index (χ0) is 13.8. The number of amides is 1. The van der Waals surface area contributed by atoms with Crippen molar-refractivity contribution in [1.29, 1.82) is 0 Å². The van der Waals surface area contributed by atoms with E-state index < -0.39 is 0 Å². The van der Waals surface area contributed by atoms with Gasteiger partial charge in [-0.2, -0.15) is 0 Å². The highest BCUT2D eigenvalue weighted by Gasteiger charge is 2.26. The van der Waals surface area contributed by atoms with Gasteiger partial charge in [0.15, 0.2) is 0 Å². The van der Waals surface area contributed by atoms with Crippen molar-refractivity contribution >= 4 is 17.5 Å². The van der Waals surface area contributed by atoms with E-state index in [0.717, 1.165) is 17.9 Å². The fraction of sp³-hybridized carbons (Fsp3) is 0.562. The second-order valence-corrected chi connectivity index (χ2v) is 6.08. The molecule has 2 rings (SSSR count). The van der Waals surface area contributed by atoms with Gasteiger partial charge in [0.25, 0.3) is 5.91 Å². The molecule has 1 aromatic rings. The monoisotopic (exact) mass is 279 g/mol. The number of hydrogen-bond donors (Lipinski definition) is 1. The van der Waals surface area contributed by atoms with Gasteiger partial charge >= 0.3 is 0 Å². The molecular formula is C16H22ClNO. The maximum atomic E-state index is 12.3. The van der Waals surface area contributed by atoms with E-state index >= 15 is 0 Å². The molecule has 1 fully saturated rings. The topological polar surface area (TPSA) is 29.1 Å². The zero-order valence-electron chi connectivity index (χ0n) is 11.7. The summed E-state index contributed by atoms with van der Waals surface area (Å²) < 4.78 is 0. The van der Waals surface area contributed by atoms with Gasteiger partial charge in [-0.25, -0.2) is 0 Å². The van der Waals surface area contributed by atoms with Crippen LogP contribution < -0.4 is 5.32 Å². The van der Waals surface area contributed by atoms with E-state index in [-0.39, 0.29) is 5.91 Å². The summed E-state index contributed by atoms with van der Waals surface area (Å²) in [5.41, 5.74) is 1.70. The molecule has 1 aromatic carbocycles. The molecule has 1 saturated carbocycles. The van der Waals surface area contributed by atoms with Crippen LogP contribution in [-0.4, -0.2) is 11.9 Å². The van der Waals surface area contributed by atoms with Gasteiger partial charge in [-0.05, 0) is 48.8 Å². The number of carbonyl (C=O) groups is 1. The summed E-state index contributed by atoms with van der Waals surface area (Å²) in [6.07, 6.45) is 3.49. The second-order valence-electron chi connectivity index (χ2n) is 5.81. The van der Waals surface area contributed by atoms with Crippen LogP contribution in [0.3, 0.4) is 0 Å². The van der Waals surface area contributed by atoms with Crippen LogP contribution in [0.25, 0.3) is 0 Å². The normalized spacial score (nSPS) is 27.0. The predicted molar refractivity (Wildman–Crippen MR) is 79.4 cm³/mol. The number of nitrogens with one attached hydrogen (secondary N) is 1. The number of rotatable bonds is 3. The van der Waals surface area contributed by atoms with Gasteiger partial charge in [-0.15, -0.1) is 11.6 Å². The molecule has 0 radical (unpaired) electrons. The first-order valence-electron chi connectivity index (χ1n) is 7.06. The summed E-state index contributed by atoms with van der Waals surface area (Å²) in [4.78, 5) is 12.3. The smallest absolute Gasteiger partial charge is 0.251 e. The van der Waals surface area contributed by atoms with Gasteiger partial charge in [0, 0.05) is 17.5 Å². The molecule has 0 bridgehead atoms. The fourth-order valence-corrected chi connectivity index (χ4v) is 3.09. The third-order valence-electron chi connectivity index (χ3n) is 4.09. The lowest BCUT2D eigenvalue weighted by Gasteiger charge is -2.33. The van der Waals surface area contributed by atoms with Gasteiger partial charge in [-0.1, -0.05) is 26.0 Å². The zero-order valence-corrected chi connectivity index (χ0v) is 12.4. The van der Waals surface area contributed by atoms with E-state index in [4.69, 9.17) is 11.6 Å². The molecule has 1 aliphatic rings. The van der Waals surface area contributed by atoms with Crippen molar-refractivity contribution in [1.82, 2.24) is 5.32 Å². The van der Waals surface area contributed by atoms with Crippen molar-refractivity contribution in [3.8, 4) is 0 Å². The van der Waals surface area contributed by atoms with E-state index in [1.54, 1.807) is 0 Å². The number of alkyl halides is 1. The molecule has 0 heterocycles.